The number of carbonyl (C=O) groups is 1. The van der Waals surface area contributed by atoms with Gasteiger partial charge in [-0.25, -0.2) is 0 Å². The Bertz CT molecular complexity index is 778. The topological polar surface area (TPSA) is 81.5 Å². The lowest BCUT2D eigenvalue weighted by molar-refractivity contribution is -0.385. The molecule has 1 saturated carbocycles. The molecule has 6 nitrogen and oxygen atoms in total. The molecule has 1 aliphatic carbocycles. The molecule has 0 aromatic heterocycles. The molecule has 1 fully saturated rings. The summed E-state index contributed by atoms with van der Waals surface area (Å²) in [7, 11) is 0. The van der Waals surface area contributed by atoms with Crippen molar-refractivity contribution in [1.82, 2.24) is 5.32 Å². The third-order valence-electron chi connectivity index (χ3n) is 4.05. The maximum Gasteiger partial charge on any atom is 0.312 e. The van der Waals surface area contributed by atoms with Gasteiger partial charge in [0.05, 0.1) is 11.0 Å². The van der Waals surface area contributed by atoms with Crippen LogP contribution in [0.1, 0.15) is 24.4 Å². The maximum atomic E-state index is 12.2. The van der Waals surface area contributed by atoms with Gasteiger partial charge in [-0.1, -0.05) is 41.9 Å². The molecule has 0 heterocycles. The van der Waals surface area contributed by atoms with Gasteiger partial charge in [0.1, 0.15) is 0 Å². The molecule has 0 bridgehead atoms. The minimum atomic E-state index is -0.587. The molecule has 0 radical (unpaired) electrons. The average molecular weight is 361 g/mol. The largest absolute Gasteiger partial charge is 0.477 e. The van der Waals surface area contributed by atoms with Crippen LogP contribution in [0.5, 0.6) is 5.75 Å². The monoisotopic (exact) mass is 360 g/mol. The van der Waals surface area contributed by atoms with Crippen molar-refractivity contribution < 1.29 is 14.5 Å². The second kappa shape index (κ2) is 7.53. The van der Waals surface area contributed by atoms with Gasteiger partial charge in [0.15, 0.2) is 12.4 Å². The van der Waals surface area contributed by atoms with E-state index < -0.39 is 4.92 Å². The lowest BCUT2D eigenvalue weighted by Gasteiger charge is -2.19. The molecule has 7 heteroatoms. The summed E-state index contributed by atoms with van der Waals surface area (Å²) in [5.74, 6) is 0.133. The fraction of sp³-hybridized carbons (Fsp3) is 0.278. The summed E-state index contributed by atoms with van der Waals surface area (Å²) < 4.78 is 5.34. The van der Waals surface area contributed by atoms with Gasteiger partial charge in [0.25, 0.3) is 5.91 Å². The van der Waals surface area contributed by atoms with E-state index >= 15 is 0 Å². The van der Waals surface area contributed by atoms with Crippen molar-refractivity contribution in [2.24, 2.45) is 5.92 Å². The Morgan fingerprint density at radius 1 is 1.28 bits per heavy atom. The lowest BCUT2D eigenvalue weighted by atomic mass is 10.0. The number of nitrogens with zero attached hydrogens (tertiary/aromatic N) is 1. The zero-order chi connectivity index (χ0) is 17.8. The quantitative estimate of drug-likeness (QED) is 0.599. The number of halogens is 1. The standard InChI is InChI=1S/C18H17ClN2O4/c19-14-8-9-16(15(10-14)21(23)24)25-11-17(22)20-18(13-6-7-13)12-4-2-1-3-5-12/h1-5,8-10,13,18H,6-7,11H2,(H,20,22). The van der Waals surface area contributed by atoms with Crippen LogP contribution in [0.3, 0.4) is 0 Å². The zero-order valence-electron chi connectivity index (χ0n) is 13.4. The number of nitrogens with one attached hydrogen (secondary N) is 1. The van der Waals surface area contributed by atoms with Crippen LogP contribution in [0.25, 0.3) is 0 Å². The smallest absolute Gasteiger partial charge is 0.312 e. The van der Waals surface area contributed by atoms with E-state index in [0.717, 1.165) is 18.4 Å². The molecule has 1 N–H and O–H groups in total. The van der Waals surface area contributed by atoms with Gasteiger partial charge in [0.2, 0.25) is 0 Å². The first-order valence-electron chi connectivity index (χ1n) is 7.95. The van der Waals surface area contributed by atoms with Crippen molar-refractivity contribution in [3.8, 4) is 5.75 Å². The minimum Gasteiger partial charge on any atom is -0.477 e. The van der Waals surface area contributed by atoms with Crippen molar-refractivity contribution in [2.75, 3.05) is 6.61 Å². The van der Waals surface area contributed by atoms with Crippen LogP contribution in [0.4, 0.5) is 5.69 Å². The van der Waals surface area contributed by atoms with Crippen LogP contribution < -0.4 is 10.1 Å². The molecule has 25 heavy (non-hydrogen) atoms. The van der Waals surface area contributed by atoms with Crippen molar-refractivity contribution in [3.05, 3.63) is 69.2 Å². The third kappa shape index (κ3) is 4.48. The Kier molecular flexibility index (Phi) is 5.19. The number of hydrogen-bond acceptors (Lipinski definition) is 4. The van der Waals surface area contributed by atoms with Crippen molar-refractivity contribution >= 4 is 23.2 Å². The first-order chi connectivity index (χ1) is 12.0. The number of amides is 1. The number of benzene rings is 2. The Balaban J connectivity index is 1.64. The summed E-state index contributed by atoms with van der Waals surface area (Å²) in [6.07, 6.45) is 2.15. The number of nitro benzene ring substituents is 1. The summed E-state index contributed by atoms with van der Waals surface area (Å²) >= 11 is 5.76. The van der Waals surface area contributed by atoms with Crippen LogP contribution in [0.2, 0.25) is 5.02 Å². The highest BCUT2D eigenvalue weighted by atomic mass is 35.5. The highest BCUT2D eigenvalue weighted by Crippen LogP contribution is 2.40. The van der Waals surface area contributed by atoms with Gasteiger partial charge in [-0.05, 0) is 36.5 Å². The zero-order valence-corrected chi connectivity index (χ0v) is 14.1. The van der Waals surface area contributed by atoms with E-state index in [1.807, 2.05) is 30.3 Å². The van der Waals surface area contributed by atoms with Crippen LogP contribution in [0, 0.1) is 16.0 Å². The van der Waals surface area contributed by atoms with Crippen molar-refractivity contribution in [3.63, 3.8) is 0 Å². The first-order valence-corrected chi connectivity index (χ1v) is 8.33. The molecule has 1 atom stereocenters. The van der Waals surface area contributed by atoms with Gasteiger partial charge < -0.3 is 10.1 Å². The summed E-state index contributed by atoms with van der Waals surface area (Å²) in [5.41, 5.74) is 0.790. The predicted molar refractivity (Wildman–Crippen MR) is 93.7 cm³/mol. The molecule has 1 unspecified atom stereocenters. The Hall–Kier alpha value is -2.60. The Morgan fingerprint density at radius 2 is 2.00 bits per heavy atom. The lowest BCUT2D eigenvalue weighted by Crippen LogP contribution is -2.33. The number of ether oxygens (including phenoxy) is 1. The maximum absolute atomic E-state index is 12.2. The fourth-order valence-electron chi connectivity index (χ4n) is 2.68. The van der Waals surface area contributed by atoms with Crippen molar-refractivity contribution in [2.45, 2.75) is 18.9 Å². The van der Waals surface area contributed by atoms with Crippen LogP contribution in [-0.2, 0) is 4.79 Å². The molecule has 0 saturated heterocycles. The van der Waals surface area contributed by atoms with E-state index in [4.69, 9.17) is 16.3 Å². The molecule has 2 aromatic rings. The predicted octanol–water partition coefficient (Wildman–Crippen LogP) is 3.89. The minimum absolute atomic E-state index is 0.0206. The summed E-state index contributed by atoms with van der Waals surface area (Å²) in [5, 5.41) is 14.2. The number of rotatable bonds is 7. The van der Waals surface area contributed by atoms with Gasteiger partial charge in [-0.2, -0.15) is 0 Å². The van der Waals surface area contributed by atoms with Gasteiger partial charge in [-0.15, -0.1) is 0 Å². The molecule has 1 aliphatic rings. The second-order valence-corrected chi connectivity index (χ2v) is 6.39. The second-order valence-electron chi connectivity index (χ2n) is 5.95. The highest BCUT2D eigenvalue weighted by molar-refractivity contribution is 6.30. The third-order valence-corrected chi connectivity index (χ3v) is 4.28. The Labute approximate surface area is 149 Å². The number of carbonyl (C=O) groups excluding carboxylic acids is 1. The molecule has 3 rings (SSSR count). The molecule has 1 amide bonds. The molecule has 0 spiro atoms. The van der Waals surface area contributed by atoms with Crippen LogP contribution in [-0.4, -0.2) is 17.4 Å². The van der Waals surface area contributed by atoms with Crippen LogP contribution in [0.15, 0.2) is 48.5 Å². The SMILES string of the molecule is O=C(COc1ccc(Cl)cc1[N+](=O)[O-])NC(c1ccccc1)C1CC1. The average Bonchev–Trinajstić information content (AvgIpc) is 3.44. The summed E-state index contributed by atoms with van der Waals surface area (Å²) in [6.45, 7) is -0.293. The molecular weight excluding hydrogens is 344 g/mol. The van der Waals surface area contributed by atoms with Crippen LogP contribution >= 0.6 is 11.6 Å². The van der Waals surface area contributed by atoms with Gasteiger partial charge >= 0.3 is 5.69 Å². The van der Waals surface area contributed by atoms with E-state index in [1.54, 1.807) is 0 Å². The number of hydrogen-bond donors (Lipinski definition) is 1. The highest BCUT2D eigenvalue weighted by Gasteiger charge is 2.33. The van der Waals surface area contributed by atoms with Gasteiger partial charge in [-0.3, -0.25) is 14.9 Å². The number of nitro groups is 1. The van der Waals surface area contributed by atoms with Gasteiger partial charge in [0, 0.05) is 11.1 Å². The molecular formula is C18H17ClN2O4. The Morgan fingerprint density at radius 3 is 2.64 bits per heavy atom. The van der Waals surface area contributed by atoms with Crippen molar-refractivity contribution in [1.29, 1.82) is 0 Å². The molecule has 2 aromatic carbocycles. The fourth-order valence-corrected chi connectivity index (χ4v) is 2.84. The normalized spacial score (nSPS) is 14.6. The van der Waals surface area contributed by atoms with E-state index in [0.29, 0.717) is 5.92 Å². The first kappa shape index (κ1) is 17.2. The van der Waals surface area contributed by atoms with E-state index in [9.17, 15) is 14.9 Å². The summed E-state index contributed by atoms with van der Waals surface area (Å²) in [6, 6.07) is 13.8. The molecule has 130 valence electrons. The molecule has 0 aliphatic heterocycles. The van der Waals surface area contributed by atoms with E-state index in [1.165, 1.54) is 18.2 Å². The van der Waals surface area contributed by atoms with E-state index in [2.05, 4.69) is 5.32 Å². The van der Waals surface area contributed by atoms with E-state index in [-0.39, 0.29) is 35.0 Å². The summed E-state index contributed by atoms with van der Waals surface area (Å²) in [4.78, 5) is 22.7.